The molecule has 0 atom stereocenters. The van der Waals surface area contributed by atoms with Crippen LogP contribution in [0.4, 0.5) is 0 Å². The van der Waals surface area contributed by atoms with E-state index >= 15 is 0 Å². The van der Waals surface area contributed by atoms with E-state index in [9.17, 15) is 8.42 Å². The highest BCUT2D eigenvalue weighted by Gasteiger charge is 2.23. The fourth-order valence-electron chi connectivity index (χ4n) is 1.15. The fraction of sp³-hybridized carbons (Fsp3) is 0.667. The summed E-state index contributed by atoms with van der Waals surface area (Å²) in [4.78, 5) is 3.86. The first-order valence-electron chi connectivity index (χ1n) is 5.00. The van der Waals surface area contributed by atoms with Crippen molar-refractivity contribution in [2.24, 2.45) is 0 Å². The molecule has 0 fully saturated rings. The Kier molecular flexibility index (Phi) is 4.06. The molecule has 1 rings (SSSR count). The molecule has 7 heteroatoms. The maximum atomic E-state index is 11.9. The van der Waals surface area contributed by atoms with Gasteiger partial charge in [0.25, 0.3) is 10.0 Å². The van der Waals surface area contributed by atoms with Crippen molar-refractivity contribution in [3.63, 3.8) is 0 Å². The predicted molar refractivity (Wildman–Crippen MR) is 59.5 cm³/mol. The third-order valence-corrected chi connectivity index (χ3v) is 4.01. The molecule has 1 aromatic heterocycles. The Morgan fingerprint density at radius 3 is 2.62 bits per heavy atom. The standard InChI is InChI=1S/C9H17N3O3S/c1-8(2)12-6-9(10-7-12)16(14,15)11(3)4-5-13/h6-8,13H,4-5H2,1-3H3. The average Bonchev–Trinajstić information content (AvgIpc) is 2.67. The summed E-state index contributed by atoms with van der Waals surface area (Å²) in [5.74, 6) is 0. The summed E-state index contributed by atoms with van der Waals surface area (Å²) in [5.41, 5.74) is 0. The second-order valence-electron chi connectivity index (χ2n) is 3.80. The lowest BCUT2D eigenvalue weighted by Gasteiger charge is -2.13. The Morgan fingerprint density at radius 1 is 1.56 bits per heavy atom. The first kappa shape index (κ1) is 13.1. The topological polar surface area (TPSA) is 75.4 Å². The van der Waals surface area contributed by atoms with E-state index in [2.05, 4.69) is 4.98 Å². The number of aliphatic hydroxyl groups is 1. The van der Waals surface area contributed by atoms with Crippen molar-refractivity contribution in [1.82, 2.24) is 13.9 Å². The van der Waals surface area contributed by atoms with E-state index in [4.69, 9.17) is 5.11 Å². The maximum absolute atomic E-state index is 11.9. The second-order valence-corrected chi connectivity index (χ2v) is 5.79. The van der Waals surface area contributed by atoms with Crippen molar-refractivity contribution in [3.05, 3.63) is 12.5 Å². The van der Waals surface area contributed by atoms with Gasteiger partial charge in [0.2, 0.25) is 0 Å². The van der Waals surface area contributed by atoms with Crippen LogP contribution >= 0.6 is 0 Å². The third kappa shape index (κ3) is 2.60. The van der Waals surface area contributed by atoms with Crippen LogP contribution in [0.3, 0.4) is 0 Å². The molecular formula is C9H17N3O3S. The minimum absolute atomic E-state index is 0.0113. The molecule has 0 saturated heterocycles. The van der Waals surface area contributed by atoms with Gasteiger partial charge in [0.1, 0.15) is 0 Å². The number of aromatic nitrogens is 2. The van der Waals surface area contributed by atoms with Crippen molar-refractivity contribution in [1.29, 1.82) is 0 Å². The molecule has 0 amide bonds. The predicted octanol–water partition coefficient (Wildman–Crippen LogP) is 0.0768. The quantitative estimate of drug-likeness (QED) is 0.799. The summed E-state index contributed by atoms with van der Waals surface area (Å²) in [7, 11) is -2.16. The number of rotatable bonds is 5. The molecule has 0 aromatic carbocycles. The van der Waals surface area contributed by atoms with Gasteiger partial charge in [0, 0.05) is 25.8 Å². The Balaban J connectivity index is 2.98. The molecule has 0 spiro atoms. The fourth-order valence-corrected chi connectivity index (χ4v) is 2.23. The van der Waals surface area contributed by atoms with Crippen LogP contribution in [0.2, 0.25) is 0 Å². The molecule has 0 aliphatic heterocycles. The molecule has 1 aromatic rings. The molecule has 0 bridgehead atoms. The molecule has 1 heterocycles. The van der Waals surface area contributed by atoms with Crippen molar-refractivity contribution in [2.75, 3.05) is 20.2 Å². The first-order chi connectivity index (χ1) is 7.39. The third-order valence-electron chi connectivity index (χ3n) is 2.26. The second kappa shape index (κ2) is 4.94. The summed E-state index contributed by atoms with van der Waals surface area (Å²) in [6.45, 7) is 3.74. The van der Waals surface area contributed by atoms with Gasteiger partial charge in [-0.2, -0.15) is 4.31 Å². The van der Waals surface area contributed by atoms with Crippen molar-refractivity contribution in [3.8, 4) is 0 Å². The Hall–Kier alpha value is -0.920. The van der Waals surface area contributed by atoms with Gasteiger partial charge in [-0.25, -0.2) is 13.4 Å². The van der Waals surface area contributed by atoms with E-state index in [0.717, 1.165) is 4.31 Å². The molecule has 16 heavy (non-hydrogen) atoms. The molecule has 0 aliphatic carbocycles. The van der Waals surface area contributed by atoms with Gasteiger partial charge < -0.3 is 9.67 Å². The highest BCUT2D eigenvalue weighted by molar-refractivity contribution is 7.89. The molecule has 1 N–H and O–H groups in total. The molecule has 92 valence electrons. The minimum Gasteiger partial charge on any atom is -0.395 e. The van der Waals surface area contributed by atoms with E-state index in [-0.39, 0.29) is 24.2 Å². The molecular weight excluding hydrogens is 230 g/mol. The van der Waals surface area contributed by atoms with Gasteiger partial charge >= 0.3 is 0 Å². The normalized spacial score (nSPS) is 12.6. The molecule has 0 aliphatic rings. The number of hydrogen-bond donors (Lipinski definition) is 1. The van der Waals surface area contributed by atoms with Crippen LogP contribution in [0.25, 0.3) is 0 Å². The van der Waals surface area contributed by atoms with Crippen molar-refractivity contribution < 1.29 is 13.5 Å². The van der Waals surface area contributed by atoms with E-state index in [0.29, 0.717) is 0 Å². The summed E-state index contributed by atoms with van der Waals surface area (Å²) < 4.78 is 26.6. The zero-order valence-corrected chi connectivity index (χ0v) is 10.5. The van der Waals surface area contributed by atoms with E-state index in [1.54, 1.807) is 4.57 Å². The number of sulfonamides is 1. The average molecular weight is 247 g/mol. The lowest BCUT2D eigenvalue weighted by molar-refractivity contribution is 0.266. The van der Waals surface area contributed by atoms with E-state index in [1.807, 2.05) is 13.8 Å². The van der Waals surface area contributed by atoms with E-state index in [1.165, 1.54) is 19.6 Å². The van der Waals surface area contributed by atoms with E-state index < -0.39 is 10.0 Å². The van der Waals surface area contributed by atoms with Gasteiger partial charge in [0.05, 0.1) is 12.9 Å². The number of nitrogens with zero attached hydrogens (tertiary/aromatic N) is 3. The SMILES string of the molecule is CC(C)n1cnc(S(=O)(=O)N(C)CCO)c1. The summed E-state index contributed by atoms with van der Waals surface area (Å²) in [6.07, 6.45) is 2.98. The zero-order chi connectivity index (χ0) is 12.3. The number of likely N-dealkylation sites (N-methyl/N-ethyl adjacent to an activating group) is 1. The lowest BCUT2D eigenvalue weighted by Crippen LogP contribution is -2.29. The Labute approximate surface area is 95.6 Å². The Morgan fingerprint density at radius 2 is 2.19 bits per heavy atom. The van der Waals surface area contributed by atoms with Crippen LogP contribution in [-0.4, -0.2) is 47.6 Å². The van der Waals surface area contributed by atoms with Gasteiger partial charge in [-0.3, -0.25) is 0 Å². The zero-order valence-electron chi connectivity index (χ0n) is 9.66. The largest absolute Gasteiger partial charge is 0.395 e. The van der Waals surface area contributed by atoms with Crippen LogP contribution < -0.4 is 0 Å². The first-order valence-corrected chi connectivity index (χ1v) is 6.44. The number of imidazole rings is 1. The van der Waals surface area contributed by atoms with Crippen molar-refractivity contribution in [2.45, 2.75) is 24.9 Å². The van der Waals surface area contributed by atoms with Gasteiger partial charge in [-0.05, 0) is 13.8 Å². The summed E-state index contributed by atoms with van der Waals surface area (Å²) in [6, 6.07) is 0.166. The van der Waals surface area contributed by atoms with Crippen LogP contribution in [0.5, 0.6) is 0 Å². The van der Waals surface area contributed by atoms with Gasteiger partial charge in [-0.1, -0.05) is 0 Å². The number of aliphatic hydroxyl groups excluding tert-OH is 1. The minimum atomic E-state index is -3.57. The summed E-state index contributed by atoms with van der Waals surface area (Å²) in [5, 5.41) is 8.72. The smallest absolute Gasteiger partial charge is 0.261 e. The monoisotopic (exact) mass is 247 g/mol. The summed E-state index contributed by atoms with van der Waals surface area (Å²) >= 11 is 0. The van der Waals surface area contributed by atoms with Gasteiger partial charge in [0.15, 0.2) is 5.03 Å². The molecule has 6 nitrogen and oxygen atoms in total. The number of hydrogen-bond acceptors (Lipinski definition) is 4. The van der Waals surface area contributed by atoms with Crippen LogP contribution in [-0.2, 0) is 10.0 Å². The van der Waals surface area contributed by atoms with Crippen molar-refractivity contribution >= 4 is 10.0 Å². The Bertz CT molecular complexity index is 439. The maximum Gasteiger partial charge on any atom is 0.261 e. The van der Waals surface area contributed by atoms with Crippen LogP contribution in [0, 0.1) is 0 Å². The molecule has 0 unspecified atom stereocenters. The molecule has 0 radical (unpaired) electrons. The van der Waals surface area contributed by atoms with Gasteiger partial charge in [-0.15, -0.1) is 0 Å². The van der Waals surface area contributed by atoms with Crippen LogP contribution in [0.1, 0.15) is 19.9 Å². The lowest BCUT2D eigenvalue weighted by atomic mass is 10.4. The highest BCUT2D eigenvalue weighted by Crippen LogP contribution is 2.13. The van der Waals surface area contributed by atoms with Crippen LogP contribution in [0.15, 0.2) is 17.6 Å². The highest BCUT2D eigenvalue weighted by atomic mass is 32.2. The molecule has 0 saturated carbocycles.